The highest BCUT2D eigenvalue weighted by Crippen LogP contribution is 2.08. The molecule has 0 aromatic heterocycles. The Labute approximate surface area is 88.4 Å². The Bertz CT molecular complexity index is 297. The van der Waals surface area contributed by atoms with Gasteiger partial charge in [-0.1, -0.05) is 18.2 Å². The topological polar surface area (TPSA) is 55.8 Å². The summed E-state index contributed by atoms with van der Waals surface area (Å²) < 4.78 is 9.88. The Morgan fingerprint density at radius 1 is 1.33 bits per heavy atom. The van der Waals surface area contributed by atoms with Crippen LogP contribution < -0.4 is 4.74 Å². The molecule has 0 aliphatic carbocycles. The highest BCUT2D eigenvalue weighted by atomic mass is 16.5. The van der Waals surface area contributed by atoms with Crippen LogP contribution in [0.4, 0.5) is 0 Å². The van der Waals surface area contributed by atoms with E-state index in [1.807, 2.05) is 18.2 Å². The third-order valence-electron chi connectivity index (χ3n) is 1.66. The third-order valence-corrected chi connectivity index (χ3v) is 1.66. The summed E-state index contributed by atoms with van der Waals surface area (Å²) in [5, 5.41) is 9.36. The Hall–Kier alpha value is -1.55. The number of carbonyl (C=O) groups is 1. The van der Waals surface area contributed by atoms with Crippen molar-refractivity contribution >= 4 is 5.97 Å². The number of ether oxygens (including phenoxy) is 2. The van der Waals surface area contributed by atoms with Crippen LogP contribution >= 0.6 is 0 Å². The molecule has 1 rings (SSSR count). The molecule has 0 radical (unpaired) electrons. The van der Waals surface area contributed by atoms with Gasteiger partial charge in [0.25, 0.3) is 0 Å². The van der Waals surface area contributed by atoms with E-state index >= 15 is 0 Å². The maximum absolute atomic E-state index is 10.4. The Balaban J connectivity index is 2.22. The van der Waals surface area contributed by atoms with Gasteiger partial charge in [0.15, 0.2) is 0 Å². The van der Waals surface area contributed by atoms with Gasteiger partial charge in [-0.25, -0.2) is 0 Å². The van der Waals surface area contributed by atoms with Crippen molar-refractivity contribution in [3.63, 3.8) is 0 Å². The first kappa shape index (κ1) is 11.5. The highest BCUT2D eigenvalue weighted by molar-refractivity contribution is 5.65. The molecule has 1 atom stereocenters. The van der Waals surface area contributed by atoms with Gasteiger partial charge < -0.3 is 14.6 Å². The fraction of sp³-hybridized carbons (Fsp3) is 0.364. The summed E-state index contributed by atoms with van der Waals surface area (Å²) >= 11 is 0. The second-order valence-corrected chi connectivity index (χ2v) is 3.08. The number of aliphatic hydroxyl groups excluding tert-OH is 1. The lowest BCUT2D eigenvalue weighted by Crippen LogP contribution is -2.24. The fourth-order valence-corrected chi connectivity index (χ4v) is 0.971. The van der Waals surface area contributed by atoms with Crippen LogP contribution in [-0.2, 0) is 9.53 Å². The number of benzene rings is 1. The van der Waals surface area contributed by atoms with Crippen molar-refractivity contribution < 1.29 is 19.4 Å². The average Bonchev–Trinajstić information content (AvgIpc) is 2.25. The van der Waals surface area contributed by atoms with Gasteiger partial charge in [-0.3, -0.25) is 4.79 Å². The highest BCUT2D eigenvalue weighted by Gasteiger charge is 2.06. The molecule has 4 nitrogen and oxygen atoms in total. The van der Waals surface area contributed by atoms with Crippen molar-refractivity contribution in [3.05, 3.63) is 30.3 Å². The maximum atomic E-state index is 10.4. The SMILES string of the molecule is CC(=O)OC[C@@H](O)COc1ccccc1. The molecule has 0 amide bonds. The molecular weight excluding hydrogens is 196 g/mol. The number of rotatable bonds is 5. The molecule has 0 unspecified atom stereocenters. The van der Waals surface area contributed by atoms with Crippen molar-refractivity contribution in [2.75, 3.05) is 13.2 Å². The summed E-state index contributed by atoms with van der Waals surface area (Å²) in [6.45, 7) is 1.37. The van der Waals surface area contributed by atoms with Crippen molar-refractivity contribution in [3.8, 4) is 5.75 Å². The first-order valence-corrected chi connectivity index (χ1v) is 4.68. The molecule has 0 aliphatic heterocycles. The third kappa shape index (κ3) is 5.02. The molecule has 0 aliphatic rings. The summed E-state index contributed by atoms with van der Waals surface area (Å²) in [6.07, 6.45) is -0.797. The van der Waals surface area contributed by atoms with Crippen LogP contribution in [0.15, 0.2) is 30.3 Å². The molecule has 0 saturated heterocycles. The van der Waals surface area contributed by atoms with Crippen LogP contribution in [-0.4, -0.2) is 30.4 Å². The number of carbonyl (C=O) groups excluding carboxylic acids is 1. The summed E-state index contributed by atoms with van der Waals surface area (Å²) in [6, 6.07) is 9.14. The van der Waals surface area contributed by atoms with E-state index in [0.29, 0.717) is 5.75 Å². The Morgan fingerprint density at radius 3 is 2.60 bits per heavy atom. The molecule has 4 heteroatoms. The molecule has 15 heavy (non-hydrogen) atoms. The molecule has 0 heterocycles. The fourth-order valence-electron chi connectivity index (χ4n) is 0.971. The molecule has 1 N–H and O–H groups in total. The van der Waals surface area contributed by atoms with Crippen molar-refractivity contribution in [2.24, 2.45) is 0 Å². The predicted octanol–water partition coefficient (Wildman–Crippen LogP) is 0.989. The molecule has 1 aromatic carbocycles. The van der Waals surface area contributed by atoms with Crippen LogP contribution in [0, 0.1) is 0 Å². The zero-order chi connectivity index (χ0) is 11.1. The Kier molecular flexibility index (Phi) is 4.63. The normalized spacial score (nSPS) is 11.9. The summed E-state index contributed by atoms with van der Waals surface area (Å²) in [5.74, 6) is 0.271. The Morgan fingerprint density at radius 2 is 2.00 bits per heavy atom. The van der Waals surface area contributed by atoms with E-state index < -0.39 is 12.1 Å². The second kappa shape index (κ2) is 6.03. The van der Waals surface area contributed by atoms with Crippen molar-refractivity contribution in [1.82, 2.24) is 0 Å². The lowest BCUT2D eigenvalue weighted by atomic mass is 10.3. The van der Waals surface area contributed by atoms with Crippen LogP contribution in [0.5, 0.6) is 5.75 Å². The molecular formula is C11H14O4. The molecule has 0 bridgehead atoms. The van der Waals surface area contributed by atoms with Crippen molar-refractivity contribution in [1.29, 1.82) is 0 Å². The van der Waals surface area contributed by atoms with E-state index in [1.54, 1.807) is 12.1 Å². The van der Waals surface area contributed by atoms with Gasteiger partial charge in [0.05, 0.1) is 0 Å². The predicted molar refractivity (Wildman–Crippen MR) is 54.6 cm³/mol. The number of aliphatic hydroxyl groups is 1. The molecule has 0 spiro atoms. The standard InChI is InChI=1S/C11H14O4/c1-9(12)14-7-10(13)8-15-11-5-3-2-4-6-11/h2-6,10,13H,7-8H2,1H3/t10-/m1/s1. The van der Waals surface area contributed by atoms with Crippen LogP contribution in [0.3, 0.4) is 0 Å². The smallest absolute Gasteiger partial charge is 0.302 e. The van der Waals surface area contributed by atoms with Crippen LogP contribution in [0.25, 0.3) is 0 Å². The largest absolute Gasteiger partial charge is 0.491 e. The number of hydrogen-bond acceptors (Lipinski definition) is 4. The van der Waals surface area contributed by atoms with E-state index in [0.717, 1.165) is 0 Å². The minimum atomic E-state index is -0.797. The van der Waals surface area contributed by atoms with Gasteiger partial charge in [-0.2, -0.15) is 0 Å². The van der Waals surface area contributed by atoms with Gasteiger partial charge >= 0.3 is 5.97 Å². The van der Waals surface area contributed by atoms with Gasteiger partial charge in [-0.15, -0.1) is 0 Å². The van der Waals surface area contributed by atoms with Gasteiger partial charge in [0.1, 0.15) is 25.1 Å². The first-order valence-electron chi connectivity index (χ1n) is 4.68. The molecule has 82 valence electrons. The van der Waals surface area contributed by atoms with Gasteiger partial charge in [0.2, 0.25) is 0 Å². The van der Waals surface area contributed by atoms with E-state index in [2.05, 4.69) is 4.74 Å². The summed E-state index contributed by atoms with van der Waals surface area (Å²) in [4.78, 5) is 10.4. The monoisotopic (exact) mass is 210 g/mol. The number of hydrogen-bond donors (Lipinski definition) is 1. The van der Waals surface area contributed by atoms with Gasteiger partial charge in [-0.05, 0) is 12.1 Å². The summed E-state index contributed by atoms with van der Waals surface area (Å²) in [7, 11) is 0. The second-order valence-electron chi connectivity index (χ2n) is 3.08. The molecule has 0 saturated carbocycles. The number of para-hydroxylation sites is 1. The van der Waals surface area contributed by atoms with Crippen molar-refractivity contribution in [2.45, 2.75) is 13.0 Å². The van der Waals surface area contributed by atoms with Crippen LogP contribution in [0.2, 0.25) is 0 Å². The first-order chi connectivity index (χ1) is 7.18. The molecule has 0 fully saturated rings. The van der Waals surface area contributed by atoms with Crippen LogP contribution in [0.1, 0.15) is 6.92 Å². The molecule has 1 aromatic rings. The van der Waals surface area contributed by atoms with E-state index in [9.17, 15) is 9.90 Å². The van der Waals surface area contributed by atoms with E-state index in [-0.39, 0.29) is 13.2 Å². The number of esters is 1. The summed E-state index contributed by atoms with van der Waals surface area (Å²) in [5.41, 5.74) is 0. The quantitative estimate of drug-likeness (QED) is 0.736. The van der Waals surface area contributed by atoms with E-state index in [1.165, 1.54) is 6.92 Å². The maximum Gasteiger partial charge on any atom is 0.302 e. The lowest BCUT2D eigenvalue weighted by molar-refractivity contribution is -0.144. The average molecular weight is 210 g/mol. The zero-order valence-electron chi connectivity index (χ0n) is 8.55. The van der Waals surface area contributed by atoms with Gasteiger partial charge in [0, 0.05) is 6.92 Å². The minimum Gasteiger partial charge on any atom is -0.491 e. The zero-order valence-corrected chi connectivity index (χ0v) is 8.55. The minimum absolute atomic E-state index is 0.0395. The lowest BCUT2D eigenvalue weighted by Gasteiger charge is -2.11. The van der Waals surface area contributed by atoms with E-state index in [4.69, 9.17) is 4.74 Å².